The van der Waals surface area contributed by atoms with E-state index < -0.39 is 0 Å². The molecule has 6 rings (SSSR count). The van der Waals surface area contributed by atoms with Gasteiger partial charge in [-0.05, 0) is 68.8 Å². The minimum Gasteiger partial charge on any atom is -0.484 e. The number of hydrogen-bond acceptors (Lipinski definition) is 8. The van der Waals surface area contributed by atoms with Crippen molar-refractivity contribution in [3.63, 3.8) is 0 Å². The Bertz CT molecular complexity index is 1600. The normalized spacial score (nSPS) is 20.8. The van der Waals surface area contributed by atoms with Crippen molar-refractivity contribution >= 4 is 29.3 Å². The molecule has 2 aliphatic rings. The molecular formula is C31H38N8O2S. The average molecular weight is 587 g/mol. The van der Waals surface area contributed by atoms with Gasteiger partial charge in [0.05, 0.1) is 24.0 Å². The second kappa shape index (κ2) is 11.5. The SMILES string of the molecule is CSc1nc(NC(=O)N[C@H]2CC[C@@H](Oc3ccc4nnc([C@@H]5CCCN5C)n4c3)c3ccccc32)cc(C(C)(C)C)n1. The summed E-state index contributed by atoms with van der Waals surface area (Å²) in [5.74, 6) is 2.23. The summed E-state index contributed by atoms with van der Waals surface area (Å²) in [5.41, 5.74) is 3.68. The zero-order valence-electron chi connectivity index (χ0n) is 24.8. The van der Waals surface area contributed by atoms with Crippen LogP contribution in [0.3, 0.4) is 0 Å². The largest absolute Gasteiger partial charge is 0.484 e. The van der Waals surface area contributed by atoms with Gasteiger partial charge in [-0.1, -0.05) is 56.8 Å². The van der Waals surface area contributed by atoms with E-state index in [1.54, 1.807) is 0 Å². The molecule has 0 radical (unpaired) electrons. The Labute approximate surface area is 250 Å². The molecule has 1 aliphatic carbocycles. The highest BCUT2D eigenvalue weighted by atomic mass is 32.2. The number of nitrogens with one attached hydrogen (secondary N) is 2. The maximum Gasteiger partial charge on any atom is 0.320 e. The average Bonchev–Trinajstić information content (AvgIpc) is 3.58. The Hall–Kier alpha value is -3.70. The van der Waals surface area contributed by atoms with E-state index in [0.29, 0.717) is 11.0 Å². The number of carbonyl (C=O) groups excluding carboxylic acids is 1. The van der Waals surface area contributed by atoms with E-state index in [2.05, 4.69) is 80.1 Å². The first-order valence-electron chi connectivity index (χ1n) is 14.5. The lowest BCUT2D eigenvalue weighted by atomic mass is 9.85. The van der Waals surface area contributed by atoms with E-state index in [1.807, 2.05) is 42.8 Å². The molecule has 1 aromatic carbocycles. The van der Waals surface area contributed by atoms with E-state index in [1.165, 1.54) is 11.8 Å². The molecule has 0 bridgehead atoms. The number of amides is 2. The zero-order chi connectivity index (χ0) is 29.4. The summed E-state index contributed by atoms with van der Waals surface area (Å²) in [6.45, 7) is 7.35. The van der Waals surface area contributed by atoms with Crippen LogP contribution in [0.4, 0.5) is 10.6 Å². The number of aromatic nitrogens is 5. The van der Waals surface area contributed by atoms with Crippen LogP contribution in [0.2, 0.25) is 0 Å². The van der Waals surface area contributed by atoms with Crippen LogP contribution in [0.1, 0.15) is 87.3 Å². The Morgan fingerprint density at radius 3 is 2.60 bits per heavy atom. The number of pyridine rings is 1. The number of likely N-dealkylation sites (tertiary alicyclic amines) is 1. The van der Waals surface area contributed by atoms with Crippen molar-refractivity contribution < 1.29 is 9.53 Å². The van der Waals surface area contributed by atoms with Crippen LogP contribution in [0.5, 0.6) is 5.75 Å². The molecule has 0 saturated carbocycles. The Balaban J connectivity index is 1.18. The van der Waals surface area contributed by atoms with Crippen LogP contribution in [-0.2, 0) is 5.41 Å². The molecule has 220 valence electrons. The van der Waals surface area contributed by atoms with Crippen LogP contribution < -0.4 is 15.4 Å². The fourth-order valence-electron chi connectivity index (χ4n) is 5.88. The molecule has 3 aromatic heterocycles. The van der Waals surface area contributed by atoms with E-state index >= 15 is 0 Å². The molecule has 42 heavy (non-hydrogen) atoms. The molecule has 1 aliphatic heterocycles. The predicted molar refractivity (Wildman–Crippen MR) is 164 cm³/mol. The highest BCUT2D eigenvalue weighted by Gasteiger charge is 2.31. The molecule has 4 aromatic rings. The topological polar surface area (TPSA) is 110 Å². The van der Waals surface area contributed by atoms with Crippen molar-refractivity contribution in [3.8, 4) is 5.75 Å². The van der Waals surface area contributed by atoms with Crippen molar-refractivity contribution in [2.45, 2.75) is 75.2 Å². The van der Waals surface area contributed by atoms with Gasteiger partial charge in [-0.15, -0.1) is 10.2 Å². The number of ether oxygens (including phenoxy) is 1. The molecule has 2 N–H and O–H groups in total. The number of urea groups is 1. The van der Waals surface area contributed by atoms with Gasteiger partial charge in [0.2, 0.25) is 0 Å². The highest BCUT2D eigenvalue weighted by Crippen LogP contribution is 2.39. The molecule has 1 fully saturated rings. The molecule has 2 amide bonds. The highest BCUT2D eigenvalue weighted by molar-refractivity contribution is 7.98. The van der Waals surface area contributed by atoms with Gasteiger partial charge in [0.25, 0.3) is 0 Å². The number of nitrogens with zero attached hydrogens (tertiary/aromatic N) is 6. The lowest BCUT2D eigenvalue weighted by molar-refractivity contribution is 0.171. The summed E-state index contributed by atoms with van der Waals surface area (Å²) in [4.78, 5) is 24.6. The number of carbonyl (C=O) groups is 1. The molecule has 1 saturated heterocycles. The number of fused-ring (bicyclic) bond motifs is 2. The summed E-state index contributed by atoms with van der Waals surface area (Å²) in [6, 6.07) is 13.8. The van der Waals surface area contributed by atoms with Gasteiger partial charge in [-0.25, -0.2) is 14.8 Å². The predicted octanol–water partition coefficient (Wildman–Crippen LogP) is 6.08. The number of thioether (sulfide) groups is 1. The minimum atomic E-state index is -0.290. The van der Waals surface area contributed by atoms with Crippen LogP contribution in [0.15, 0.2) is 53.8 Å². The second-order valence-electron chi connectivity index (χ2n) is 12.1. The lowest BCUT2D eigenvalue weighted by Gasteiger charge is -2.32. The van der Waals surface area contributed by atoms with E-state index in [4.69, 9.17) is 4.74 Å². The summed E-state index contributed by atoms with van der Waals surface area (Å²) in [7, 11) is 2.14. The first-order valence-corrected chi connectivity index (χ1v) is 15.7. The Morgan fingerprint density at radius 2 is 1.86 bits per heavy atom. The van der Waals surface area contributed by atoms with Gasteiger partial charge in [0, 0.05) is 11.5 Å². The smallest absolute Gasteiger partial charge is 0.320 e. The van der Waals surface area contributed by atoms with Gasteiger partial charge >= 0.3 is 6.03 Å². The molecule has 4 heterocycles. The summed E-state index contributed by atoms with van der Waals surface area (Å²) < 4.78 is 8.65. The summed E-state index contributed by atoms with van der Waals surface area (Å²) >= 11 is 1.46. The third kappa shape index (κ3) is 5.80. The Morgan fingerprint density at radius 1 is 1.05 bits per heavy atom. The van der Waals surface area contributed by atoms with E-state index in [0.717, 1.165) is 66.3 Å². The third-order valence-corrected chi connectivity index (χ3v) is 8.69. The van der Waals surface area contributed by atoms with Crippen molar-refractivity contribution in [2.24, 2.45) is 0 Å². The maximum atomic E-state index is 13.1. The number of anilines is 1. The van der Waals surface area contributed by atoms with Gasteiger partial charge in [0.15, 0.2) is 16.6 Å². The third-order valence-electron chi connectivity index (χ3n) is 8.14. The quantitative estimate of drug-likeness (QED) is 0.207. The van der Waals surface area contributed by atoms with Crippen LogP contribution in [0, 0.1) is 0 Å². The van der Waals surface area contributed by atoms with Crippen molar-refractivity contribution in [1.82, 2.24) is 34.8 Å². The molecule has 3 atom stereocenters. The standard InChI is InChI=1S/C31H38N8O2S/c1-31(2,3)25-17-26(35-30(33-25)42-5)34-29(40)32-22-13-14-24(21-10-7-6-9-20(21)22)41-19-12-15-27-36-37-28(39(27)18-19)23-11-8-16-38(23)4/h6-7,9-10,12,15,17-18,22-24H,8,11,13-14,16H2,1-5H3,(H2,32,33,34,35,40)/t22-,23-,24+/m0/s1. The number of benzene rings is 1. The first kappa shape index (κ1) is 28.4. The zero-order valence-corrected chi connectivity index (χ0v) is 25.6. The van der Waals surface area contributed by atoms with E-state index in [9.17, 15) is 4.79 Å². The van der Waals surface area contributed by atoms with Crippen LogP contribution >= 0.6 is 11.8 Å². The number of hydrogen-bond donors (Lipinski definition) is 2. The second-order valence-corrected chi connectivity index (χ2v) is 12.9. The van der Waals surface area contributed by atoms with Gasteiger partial charge in [-0.3, -0.25) is 14.6 Å². The Kier molecular flexibility index (Phi) is 7.80. The summed E-state index contributed by atoms with van der Waals surface area (Å²) in [5, 5.41) is 15.6. The van der Waals surface area contributed by atoms with E-state index in [-0.39, 0.29) is 29.6 Å². The molecule has 10 nitrogen and oxygen atoms in total. The minimum absolute atomic E-state index is 0.130. The fourth-order valence-corrected chi connectivity index (χ4v) is 6.26. The first-order chi connectivity index (χ1) is 20.2. The number of rotatable bonds is 6. The van der Waals surface area contributed by atoms with Crippen molar-refractivity contribution in [1.29, 1.82) is 0 Å². The van der Waals surface area contributed by atoms with Gasteiger partial charge in [-0.2, -0.15) is 0 Å². The van der Waals surface area contributed by atoms with Gasteiger partial charge in [0.1, 0.15) is 17.7 Å². The van der Waals surface area contributed by atoms with Gasteiger partial charge < -0.3 is 10.1 Å². The molecule has 0 spiro atoms. The lowest BCUT2D eigenvalue weighted by Crippen LogP contribution is -2.36. The van der Waals surface area contributed by atoms with Crippen molar-refractivity contribution in [2.75, 3.05) is 25.2 Å². The fraction of sp³-hybridized carbons (Fsp3) is 0.452. The molecule has 11 heteroatoms. The van der Waals surface area contributed by atoms with Crippen LogP contribution in [-0.4, -0.2) is 55.3 Å². The molecule has 0 unspecified atom stereocenters. The maximum absolute atomic E-state index is 13.1. The molecular weight excluding hydrogens is 548 g/mol. The summed E-state index contributed by atoms with van der Waals surface area (Å²) in [6.07, 6.45) is 7.55. The monoisotopic (exact) mass is 586 g/mol. The van der Waals surface area contributed by atoms with Crippen molar-refractivity contribution in [3.05, 3.63) is 71.3 Å². The van der Waals surface area contributed by atoms with Crippen LogP contribution in [0.25, 0.3) is 5.65 Å².